The van der Waals surface area contributed by atoms with Crippen LogP contribution >= 0.6 is 11.8 Å². The summed E-state index contributed by atoms with van der Waals surface area (Å²) >= 11 is 1.19. The van der Waals surface area contributed by atoms with E-state index in [2.05, 4.69) is 22.1 Å². The molecule has 0 spiro atoms. The molecule has 168 valence electrons. The van der Waals surface area contributed by atoms with E-state index >= 15 is 0 Å². The minimum Gasteiger partial charge on any atom is -0.486 e. The number of halogens is 3. The predicted molar refractivity (Wildman–Crippen MR) is 117 cm³/mol. The van der Waals surface area contributed by atoms with Crippen molar-refractivity contribution in [3.8, 4) is 5.75 Å². The number of rotatable bonds is 9. The van der Waals surface area contributed by atoms with Crippen molar-refractivity contribution in [2.45, 2.75) is 31.4 Å². The zero-order valence-corrected chi connectivity index (χ0v) is 18.0. The molecule has 3 aromatic rings. The highest BCUT2D eigenvalue weighted by molar-refractivity contribution is 7.99. The van der Waals surface area contributed by atoms with Crippen LogP contribution in [0.2, 0.25) is 0 Å². The molecule has 0 aliphatic heterocycles. The molecule has 0 fully saturated rings. The number of ether oxygens (including phenoxy) is 1. The van der Waals surface area contributed by atoms with Crippen LogP contribution in [-0.4, -0.2) is 26.4 Å². The van der Waals surface area contributed by atoms with E-state index in [-0.39, 0.29) is 24.0 Å². The van der Waals surface area contributed by atoms with E-state index in [0.717, 1.165) is 17.7 Å². The summed E-state index contributed by atoms with van der Waals surface area (Å²) in [6, 6.07) is 12.1. The van der Waals surface area contributed by atoms with E-state index in [1.54, 1.807) is 16.7 Å². The average Bonchev–Trinajstić information content (AvgIpc) is 3.12. The lowest BCUT2D eigenvalue weighted by molar-refractivity contribution is -0.137. The fourth-order valence-electron chi connectivity index (χ4n) is 2.81. The van der Waals surface area contributed by atoms with Crippen LogP contribution in [0.4, 0.5) is 18.9 Å². The fourth-order valence-corrected chi connectivity index (χ4v) is 3.57. The summed E-state index contributed by atoms with van der Waals surface area (Å²) in [6.45, 7) is 5.91. The number of carbonyl (C=O) groups is 1. The Kier molecular flexibility index (Phi) is 7.57. The van der Waals surface area contributed by atoms with Gasteiger partial charge >= 0.3 is 6.18 Å². The first-order valence-corrected chi connectivity index (χ1v) is 10.6. The number of allylic oxidation sites excluding steroid dienone is 1. The molecule has 6 nitrogen and oxygen atoms in total. The van der Waals surface area contributed by atoms with Gasteiger partial charge in [0.25, 0.3) is 0 Å². The zero-order valence-electron chi connectivity index (χ0n) is 17.2. The minimum absolute atomic E-state index is 0.0692. The van der Waals surface area contributed by atoms with Crippen LogP contribution in [-0.2, 0) is 24.1 Å². The van der Waals surface area contributed by atoms with Crippen molar-refractivity contribution >= 4 is 23.4 Å². The lowest BCUT2D eigenvalue weighted by Gasteiger charge is -2.11. The molecule has 0 aliphatic carbocycles. The molecule has 0 aliphatic rings. The molecule has 3 rings (SSSR count). The van der Waals surface area contributed by atoms with Gasteiger partial charge < -0.3 is 10.1 Å². The highest BCUT2D eigenvalue weighted by Crippen LogP contribution is 2.31. The van der Waals surface area contributed by atoms with Gasteiger partial charge in [-0.1, -0.05) is 36.0 Å². The van der Waals surface area contributed by atoms with Crippen LogP contribution < -0.4 is 10.1 Å². The van der Waals surface area contributed by atoms with Crippen LogP contribution in [0.3, 0.4) is 0 Å². The Morgan fingerprint density at radius 1 is 1.22 bits per heavy atom. The number of nitrogens with zero attached hydrogens (tertiary/aromatic N) is 3. The van der Waals surface area contributed by atoms with Gasteiger partial charge in [-0.2, -0.15) is 13.2 Å². The molecule has 1 aromatic heterocycles. The summed E-state index contributed by atoms with van der Waals surface area (Å²) in [5.41, 5.74) is 0.948. The maximum Gasteiger partial charge on any atom is 0.416 e. The molecular weight excluding hydrogens is 441 g/mol. The maximum absolute atomic E-state index is 12.9. The molecule has 0 saturated heterocycles. The number of benzene rings is 2. The third-order valence-electron chi connectivity index (χ3n) is 4.27. The van der Waals surface area contributed by atoms with Crippen molar-refractivity contribution in [2.75, 3.05) is 11.1 Å². The molecule has 2 aromatic carbocycles. The molecule has 0 radical (unpaired) electrons. The molecule has 0 atom stereocenters. The van der Waals surface area contributed by atoms with Gasteiger partial charge in [-0.3, -0.25) is 9.36 Å². The number of hydrogen-bond donors (Lipinski definition) is 1. The largest absolute Gasteiger partial charge is 0.486 e. The van der Waals surface area contributed by atoms with Gasteiger partial charge in [0, 0.05) is 12.2 Å². The summed E-state index contributed by atoms with van der Waals surface area (Å²) in [4.78, 5) is 12.3. The van der Waals surface area contributed by atoms with E-state index in [9.17, 15) is 18.0 Å². The predicted octanol–water partition coefficient (Wildman–Crippen LogP) is 5.10. The number of amides is 1. The van der Waals surface area contributed by atoms with Crippen LogP contribution in [0.15, 0.2) is 66.3 Å². The van der Waals surface area contributed by atoms with Crippen LogP contribution in [0.1, 0.15) is 17.0 Å². The number of aromatic nitrogens is 3. The Labute approximate surface area is 187 Å². The Morgan fingerprint density at radius 2 is 2.00 bits per heavy atom. The highest BCUT2D eigenvalue weighted by atomic mass is 32.2. The van der Waals surface area contributed by atoms with Gasteiger partial charge in [0.05, 0.1) is 11.3 Å². The second-order valence-corrected chi connectivity index (χ2v) is 7.76. The number of thioether (sulfide) groups is 1. The van der Waals surface area contributed by atoms with Crippen LogP contribution in [0.5, 0.6) is 5.75 Å². The Morgan fingerprint density at radius 3 is 2.72 bits per heavy atom. The lowest BCUT2D eigenvalue weighted by atomic mass is 10.2. The molecule has 0 bridgehead atoms. The molecule has 1 amide bonds. The summed E-state index contributed by atoms with van der Waals surface area (Å²) in [6.07, 6.45) is -2.82. The monoisotopic (exact) mass is 462 g/mol. The number of anilines is 1. The van der Waals surface area contributed by atoms with Crippen molar-refractivity contribution < 1.29 is 22.7 Å². The highest BCUT2D eigenvalue weighted by Gasteiger charge is 2.30. The lowest BCUT2D eigenvalue weighted by Crippen LogP contribution is -2.15. The second kappa shape index (κ2) is 10.4. The third kappa shape index (κ3) is 6.36. The van der Waals surface area contributed by atoms with E-state index in [1.165, 1.54) is 23.9 Å². The van der Waals surface area contributed by atoms with Gasteiger partial charge in [-0.05, 0) is 42.8 Å². The third-order valence-corrected chi connectivity index (χ3v) is 5.24. The molecule has 1 N–H and O–H groups in total. The summed E-state index contributed by atoms with van der Waals surface area (Å²) in [5.74, 6) is 0.386. The molecule has 1 heterocycles. The Bertz CT molecular complexity index is 1100. The van der Waals surface area contributed by atoms with Crippen molar-refractivity contribution in [3.63, 3.8) is 0 Å². The first kappa shape index (κ1) is 23.4. The standard InChI is InChI=1S/C22H21F3N4O2S/c1-3-10-29-19(13-31-18-9-5-7-16(12-18)22(23,24)25)27-28-21(29)32-14-20(30)26-17-8-4-6-15(2)11-17/h3-9,11-12H,1,10,13-14H2,2H3,(H,26,30). The van der Waals surface area contributed by atoms with Crippen LogP contribution in [0, 0.1) is 6.92 Å². The molecule has 32 heavy (non-hydrogen) atoms. The van der Waals surface area contributed by atoms with Gasteiger partial charge in [0.2, 0.25) is 5.91 Å². The molecule has 10 heteroatoms. The van der Waals surface area contributed by atoms with Gasteiger partial charge in [0.1, 0.15) is 12.4 Å². The summed E-state index contributed by atoms with van der Waals surface area (Å²) < 4.78 is 45.8. The topological polar surface area (TPSA) is 69.0 Å². The van der Waals surface area contributed by atoms with Gasteiger partial charge in [-0.15, -0.1) is 16.8 Å². The van der Waals surface area contributed by atoms with Crippen molar-refractivity contribution in [2.24, 2.45) is 0 Å². The van der Waals surface area contributed by atoms with Gasteiger partial charge in [0.15, 0.2) is 11.0 Å². The van der Waals surface area contributed by atoms with Crippen molar-refractivity contribution in [1.82, 2.24) is 14.8 Å². The van der Waals surface area contributed by atoms with Crippen LogP contribution in [0.25, 0.3) is 0 Å². The second-order valence-electron chi connectivity index (χ2n) is 6.82. The zero-order chi connectivity index (χ0) is 23.1. The smallest absolute Gasteiger partial charge is 0.416 e. The number of carbonyl (C=O) groups excluding carboxylic acids is 1. The Hall–Kier alpha value is -3.27. The van der Waals surface area contributed by atoms with E-state index in [4.69, 9.17) is 4.74 Å². The summed E-state index contributed by atoms with van der Waals surface area (Å²) in [5, 5.41) is 11.4. The molecule has 0 saturated carbocycles. The number of aryl methyl sites for hydroxylation is 1. The average molecular weight is 462 g/mol. The SMILES string of the molecule is C=CCn1c(COc2cccc(C(F)(F)F)c2)nnc1SCC(=O)Nc1cccc(C)c1. The van der Waals surface area contributed by atoms with Crippen molar-refractivity contribution in [1.29, 1.82) is 0 Å². The molecular formula is C22H21F3N4O2S. The normalized spacial score (nSPS) is 11.2. The van der Waals surface area contributed by atoms with E-state index < -0.39 is 11.7 Å². The summed E-state index contributed by atoms with van der Waals surface area (Å²) in [7, 11) is 0. The first-order chi connectivity index (χ1) is 15.3. The first-order valence-electron chi connectivity index (χ1n) is 9.58. The van der Waals surface area contributed by atoms with E-state index in [0.29, 0.717) is 23.2 Å². The minimum atomic E-state index is -4.45. The maximum atomic E-state index is 12.9. The molecule has 0 unspecified atom stereocenters. The van der Waals surface area contributed by atoms with Gasteiger partial charge in [-0.25, -0.2) is 0 Å². The quantitative estimate of drug-likeness (QED) is 0.354. The number of hydrogen-bond acceptors (Lipinski definition) is 5. The number of alkyl halides is 3. The Balaban J connectivity index is 1.63. The number of nitrogens with one attached hydrogen (secondary N) is 1. The fraction of sp³-hybridized carbons (Fsp3) is 0.227. The van der Waals surface area contributed by atoms with E-state index in [1.807, 2.05) is 25.1 Å². The van der Waals surface area contributed by atoms with Crippen molar-refractivity contribution in [3.05, 3.63) is 78.1 Å².